The van der Waals surface area contributed by atoms with Crippen molar-refractivity contribution in [2.75, 3.05) is 0 Å². The van der Waals surface area contributed by atoms with Gasteiger partial charge >= 0.3 is 11.9 Å². The van der Waals surface area contributed by atoms with Crippen molar-refractivity contribution in [1.82, 2.24) is 0 Å². The Hall–Kier alpha value is -1.84. The average molecular weight is 278 g/mol. The van der Waals surface area contributed by atoms with Gasteiger partial charge in [0.2, 0.25) is 0 Å². The Bertz CT molecular complexity index is 454. The number of hydrogen-bond acceptors (Lipinski definition) is 4. The van der Waals surface area contributed by atoms with Gasteiger partial charge in [0.1, 0.15) is 11.5 Å². The minimum atomic E-state index is -0.382. The van der Waals surface area contributed by atoms with Gasteiger partial charge in [0.15, 0.2) is 0 Å². The fourth-order valence-electron chi connectivity index (χ4n) is 1.96. The Morgan fingerprint density at radius 2 is 1.50 bits per heavy atom. The van der Waals surface area contributed by atoms with Gasteiger partial charge in [-0.05, 0) is 37.5 Å². The third-order valence-corrected chi connectivity index (χ3v) is 2.95. The van der Waals surface area contributed by atoms with Crippen LogP contribution in [0.5, 0.6) is 11.5 Å². The third kappa shape index (κ3) is 5.03. The van der Waals surface area contributed by atoms with E-state index >= 15 is 0 Å². The lowest BCUT2D eigenvalue weighted by Crippen LogP contribution is -2.07. The molecule has 4 nitrogen and oxygen atoms in total. The summed E-state index contributed by atoms with van der Waals surface area (Å²) < 4.78 is 10.4. The zero-order valence-electron chi connectivity index (χ0n) is 12.6. The molecule has 0 spiro atoms. The highest BCUT2D eigenvalue weighted by atomic mass is 16.5. The number of hydrogen-bond donors (Lipinski definition) is 0. The summed E-state index contributed by atoms with van der Waals surface area (Å²) in [6.45, 7) is 6.62. The predicted octanol–water partition coefficient (Wildman–Crippen LogP) is 3.58. The Morgan fingerprint density at radius 1 is 1.00 bits per heavy atom. The van der Waals surface area contributed by atoms with Crippen LogP contribution in [-0.2, 0) is 16.0 Å². The largest absolute Gasteiger partial charge is 0.426 e. The zero-order valence-corrected chi connectivity index (χ0v) is 12.6. The highest BCUT2D eigenvalue weighted by Crippen LogP contribution is 2.31. The van der Waals surface area contributed by atoms with Gasteiger partial charge in [0, 0.05) is 19.4 Å². The van der Waals surface area contributed by atoms with Crippen LogP contribution in [-0.4, -0.2) is 11.9 Å². The van der Waals surface area contributed by atoms with E-state index in [4.69, 9.17) is 9.47 Å². The lowest BCUT2D eigenvalue weighted by molar-refractivity contribution is -0.132. The minimum absolute atomic E-state index is 0.382. The molecule has 1 aromatic rings. The Labute approximate surface area is 120 Å². The quantitative estimate of drug-likeness (QED) is 0.453. The maximum atomic E-state index is 11.1. The van der Waals surface area contributed by atoms with Crippen LogP contribution in [0.4, 0.5) is 0 Å². The number of ether oxygens (including phenoxy) is 2. The van der Waals surface area contributed by atoms with Crippen LogP contribution in [0, 0.1) is 6.92 Å². The summed E-state index contributed by atoms with van der Waals surface area (Å²) in [7, 11) is 0. The van der Waals surface area contributed by atoms with Crippen molar-refractivity contribution < 1.29 is 19.1 Å². The maximum Gasteiger partial charge on any atom is 0.308 e. The van der Waals surface area contributed by atoms with Gasteiger partial charge in [-0.3, -0.25) is 9.59 Å². The Balaban J connectivity index is 3.04. The van der Waals surface area contributed by atoms with Crippen LogP contribution in [0.2, 0.25) is 0 Å². The molecule has 110 valence electrons. The van der Waals surface area contributed by atoms with Gasteiger partial charge in [0.25, 0.3) is 0 Å². The smallest absolute Gasteiger partial charge is 0.308 e. The number of unbranched alkanes of at least 4 members (excludes halogenated alkanes) is 2. The Morgan fingerprint density at radius 3 is 1.90 bits per heavy atom. The van der Waals surface area contributed by atoms with Crippen LogP contribution < -0.4 is 9.47 Å². The van der Waals surface area contributed by atoms with Crippen LogP contribution in [0.1, 0.15) is 51.2 Å². The zero-order chi connectivity index (χ0) is 15.1. The van der Waals surface area contributed by atoms with E-state index < -0.39 is 0 Å². The second kappa shape index (κ2) is 7.68. The second-order valence-corrected chi connectivity index (χ2v) is 4.86. The SMILES string of the molecule is CCCCCc1cc(OC(C)=O)c(C)c(OC(C)=O)c1. The summed E-state index contributed by atoms with van der Waals surface area (Å²) in [6, 6.07) is 3.69. The molecular weight excluding hydrogens is 256 g/mol. The van der Waals surface area contributed by atoms with Crippen molar-refractivity contribution in [2.24, 2.45) is 0 Å². The number of benzene rings is 1. The first-order valence-corrected chi connectivity index (χ1v) is 6.94. The molecule has 0 atom stereocenters. The monoisotopic (exact) mass is 278 g/mol. The molecule has 1 aromatic carbocycles. The van der Waals surface area contributed by atoms with E-state index in [1.807, 2.05) is 12.1 Å². The number of carbonyl (C=O) groups excluding carboxylic acids is 2. The normalized spacial score (nSPS) is 10.2. The van der Waals surface area contributed by atoms with Gasteiger partial charge in [-0.1, -0.05) is 19.8 Å². The fraction of sp³-hybridized carbons (Fsp3) is 0.500. The second-order valence-electron chi connectivity index (χ2n) is 4.86. The first kappa shape index (κ1) is 16.2. The van der Waals surface area contributed by atoms with Gasteiger partial charge in [0.05, 0.1) is 0 Å². The summed E-state index contributed by atoms with van der Waals surface area (Å²) in [6.07, 6.45) is 4.20. The number of rotatable bonds is 6. The summed E-state index contributed by atoms with van der Waals surface area (Å²) in [4.78, 5) is 22.3. The topological polar surface area (TPSA) is 52.6 Å². The van der Waals surface area contributed by atoms with E-state index in [0.29, 0.717) is 17.1 Å². The van der Waals surface area contributed by atoms with E-state index in [-0.39, 0.29) is 11.9 Å². The molecule has 0 saturated heterocycles. The number of aryl methyl sites for hydroxylation is 1. The van der Waals surface area contributed by atoms with E-state index in [1.165, 1.54) is 13.8 Å². The number of esters is 2. The first-order chi connectivity index (χ1) is 9.43. The van der Waals surface area contributed by atoms with Crippen molar-refractivity contribution in [3.8, 4) is 11.5 Å². The molecule has 4 heteroatoms. The van der Waals surface area contributed by atoms with Crippen LogP contribution in [0.15, 0.2) is 12.1 Å². The molecule has 0 bridgehead atoms. The van der Waals surface area contributed by atoms with Crippen molar-refractivity contribution in [3.63, 3.8) is 0 Å². The molecule has 0 aliphatic heterocycles. The minimum Gasteiger partial charge on any atom is -0.426 e. The summed E-state index contributed by atoms with van der Waals surface area (Å²) in [5.41, 5.74) is 1.67. The van der Waals surface area contributed by atoms with Crippen molar-refractivity contribution in [1.29, 1.82) is 0 Å². The average Bonchev–Trinajstić information content (AvgIpc) is 2.34. The van der Waals surface area contributed by atoms with Gasteiger partial charge in [-0.15, -0.1) is 0 Å². The third-order valence-electron chi connectivity index (χ3n) is 2.95. The van der Waals surface area contributed by atoms with Gasteiger partial charge < -0.3 is 9.47 Å². The molecule has 1 rings (SSSR count). The van der Waals surface area contributed by atoms with Crippen LogP contribution in [0.25, 0.3) is 0 Å². The van der Waals surface area contributed by atoms with Crippen molar-refractivity contribution in [2.45, 2.75) is 53.4 Å². The molecule has 0 radical (unpaired) electrons. The molecule has 0 fully saturated rings. The molecule has 0 amide bonds. The standard InChI is InChI=1S/C16H22O4/c1-5-6-7-8-14-9-15(19-12(3)17)11(2)16(10-14)20-13(4)18/h9-10H,5-8H2,1-4H3. The lowest BCUT2D eigenvalue weighted by atomic mass is 10.0. The fourth-order valence-corrected chi connectivity index (χ4v) is 1.96. The van der Waals surface area contributed by atoms with E-state index in [0.717, 1.165) is 31.2 Å². The van der Waals surface area contributed by atoms with E-state index in [9.17, 15) is 9.59 Å². The van der Waals surface area contributed by atoms with Gasteiger partial charge in [-0.2, -0.15) is 0 Å². The van der Waals surface area contributed by atoms with Crippen molar-refractivity contribution in [3.05, 3.63) is 23.3 Å². The van der Waals surface area contributed by atoms with E-state index in [2.05, 4.69) is 6.92 Å². The highest BCUT2D eigenvalue weighted by molar-refractivity contribution is 5.72. The molecule has 0 aliphatic rings. The molecule has 0 aliphatic carbocycles. The van der Waals surface area contributed by atoms with Crippen molar-refractivity contribution >= 4 is 11.9 Å². The summed E-state index contributed by atoms with van der Waals surface area (Å²) in [5, 5.41) is 0. The Kier molecular flexibility index (Phi) is 6.22. The molecule has 0 unspecified atom stereocenters. The molecular formula is C16H22O4. The highest BCUT2D eigenvalue weighted by Gasteiger charge is 2.13. The summed E-state index contributed by atoms with van der Waals surface area (Å²) >= 11 is 0. The van der Waals surface area contributed by atoms with Crippen LogP contribution >= 0.6 is 0 Å². The molecule has 20 heavy (non-hydrogen) atoms. The number of carbonyl (C=O) groups is 2. The molecule has 0 saturated carbocycles. The molecule has 0 N–H and O–H groups in total. The molecule has 0 aromatic heterocycles. The van der Waals surface area contributed by atoms with Gasteiger partial charge in [-0.25, -0.2) is 0 Å². The van der Waals surface area contributed by atoms with E-state index in [1.54, 1.807) is 6.92 Å². The molecule has 0 heterocycles. The predicted molar refractivity (Wildman–Crippen MR) is 77.0 cm³/mol. The maximum absolute atomic E-state index is 11.1. The first-order valence-electron chi connectivity index (χ1n) is 6.94. The van der Waals surface area contributed by atoms with Crippen LogP contribution in [0.3, 0.4) is 0 Å². The lowest BCUT2D eigenvalue weighted by Gasteiger charge is -2.13. The summed E-state index contributed by atoms with van der Waals surface area (Å²) in [5.74, 6) is 0.158.